The second-order valence-corrected chi connectivity index (χ2v) is 6.76. The van der Waals surface area contributed by atoms with Gasteiger partial charge in [0.1, 0.15) is 5.75 Å². The Hall–Kier alpha value is -1.15. The summed E-state index contributed by atoms with van der Waals surface area (Å²) in [7, 11) is 1.71. The van der Waals surface area contributed by atoms with Crippen molar-refractivity contribution >= 4 is 11.8 Å². The Labute approximate surface area is 131 Å². The van der Waals surface area contributed by atoms with E-state index in [0.29, 0.717) is 11.7 Å². The summed E-state index contributed by atoms with van der Waals surface area (Å²) >= 11 is 2.04. The van der Waals surface area contributed by atoms with Crippen molar-refractivity contribution < 1.29 is 9.84 Å². The van der Waals surface area contributed by atoms with Crippen LogP contribution >= 0.6 is 11.8 Å². The standard InChI is InChI=1S/C17H23NO2S/c1-14-12-18(8-10-21-14)13-16-11-15(5-3-4-9-19)6-7-17(16)20-2/h6-7,11,14,19H,4,8-10,12-13H2,1-2H3. The lowest BCUT2D eigenvalue weighted by Crippen LogP contribution is -2.36. The number of thioether (sulfide) groups is 1. The molecule has 1 unspecified atom stereocenters. The number of ether oxygens (including phenoxy) is 1. The maximum atomic E-state index is 8.79. The fourth-order valence-electron chi connectivity index (χ4n) is 2.48. The second kappa shape index (κ2) is 8.33. The summed E-state index contributed by atoms with van der Waals surface area (Å²) in [6, 6.07) is 6.07. The third-order valence-corrected chi connectivity index (χ3v) is 4.61. The maximum absolute atomic E-state index is 8.79. The second-order valence-electron chi connectivity index (χ2n) is 5.22. The van der Waals surface area contributed by atoms with Crippen LogP contribution in [0.5, 0.6) is 5.75 Å². The molecular formula is C17H23NO2S. The number of hydrogen-bond donors (Lipinski definition) is 1. The lowest BCUT2D eigenvalue weighted by molar-refractivity contribution is 0.273. The average Bonchev–Trinajstić information content (AvgIpc) is 2.48. The molecule has 0 aliphatic carbocycles. The van der Waals surface area contributed by atoms with Crippen molar-refractivity contribution in [1.29, 1.82) is 0 Å². The molecule has 1 aliphatic rings. The van der Waals surface area contributed by atoms with Crippen molar-refractivity contribution in [1.82, 2.24) is 4.90 Å². The Bertz CT molecular complexity index is 521. The van der Waals surface area contributed by atoms with Crippen molar-refractivity contribution in [2.75, 3.05) is 32.6 Å². The molecule has 21 heavy (non-hydrogen) atoms. The minimum atomic E-state index is 0.110. The van der Waals surface area contributed by atoms with Crippen molar-refractivity contribution in [3.63, 3.8) is 0 Å². The Morgan fingerprint density at radius 1 is 1.48 bits per heavy atom. The highest BCUT2D eigenvalue weighted by molar-refractivity contribution is 7.99. The van der Waals surface area contributed by atoms with Gasteiger partial charge in [-0.05, 0) is 18.2 Å². The highest BCUT2D eigenvalue weighted by Crippen LogP contribution is 2.24. The first kappa shape index (κ1) is 16.2. The third kappa shape index (κ3) is 4.96. The minimum absolute atomic E-state index is 0.110. The molecule has 2 rings (SSSR count). The van der Waals surface area contributed by atoms with E-state index in [9.17, 15) is 0 Å². The summed E-state index contributed by atoms with van der Waals surface area (Å²) in [4.78, 5) is 2.48. The van der Waals surface area contributed by atoms with Crippen LogP contribution in [0.2, 0.25) is 0 Å². The molecule has 1 fully saturated rings. The largest absolute Gasteiger partial charge is 0.496 e. The van der Waals surface area contributed by atoms with E-state index >= 15 is 0 Å². The van der Waals surface area contributed by atoms with E-state index in [0.717, 1.165) is 30.9 Å². The molecule has 0 spiro atoms. The van der Waals surface area contributed by atoms with Gasteiger partial charge in [-0.2, -0.15) is 11.8 Å². The lowest BCUT2D eigenvalue weighted by atomic mass is 10.1. The molecular weight excluding hydrogens is 282 g/mol. The van der Waals surface area contributed by atoms with Gasteiger partial charge in [0.15, 0.2) is 0 Å². The number of hydrogen-bond acceptors (Lipinski definition) is 4. The molecule has 1 N–H and O–H groups in total. The molecule has 4 heteroatoms. The molecule has 0 radical (unpaired) electrons. The monoisotopic (exact) mass is 305 g/mol. The Balaban J connectivity index is 2.12. The van der Waals surface area contributed by atoms with Crippen LogP contribution in [0.25, 0.3) is 0 Å². The molecule has 1 heterocycles. The van der Waals surface area contributed by atoms with Crippen molar-refractivity contribution in [3.8, 4) is 17.6 Å². The van der Waals surface area contributed by atoms with E-state index in [1.54, 1.807) is 7.11 Å². The van der Waals surface area contributed by atoms with Crippen LogP contribution in [0.3, 0.4) is 0 Å². The lowest BCUT2D eigenvalue weighted by Gasteiger charge is -2.30. The first-order valence-electron chi connectivity index (χ1n) is 7.33. The van der Waals surface area contributed by atoms with Crippen molar-refractivity contribution in [2.45, 2.75) is 25.1 Å². The van der Waals surface area contributed by atoms with E-state index in [4.69, 9.17) is 9.84 Å². The van der Waals surface area contributed by atoms with Gasteiger partial charge in [-0.3, -0.25) is 4.90 Å². The van der Waals surface area contributed by atoms with Gasteiger partial charge in [-0.25, -0.2) is 0 Å². The highest BCUT2D eigenvalue weighted by atomic mass is 32.2. The zero-order valence-corrected chi connectivity index (χ0v) is 13.6. The molecule has 1 aromatic carbocycles. The van der Waals surface area contributed by atoms with E-state index < -0.39 is 0 Å². The average molecular weight is 305 g/mol. The summed E-state index contributed by atoms with van der Waals surface area (Å²) in [5.74, 6) is 8.18. The van der Waals surface area contributed by atoms with Crippen LogP contribution in [0, 0.1) is 11.8 Å². The van der Waals surface area contributed by atoms with Crippen LogP contribution < -0.4 is 4.74 Å². The third-order valence-electron chi connectivity index (χ3n) is 3.47. The van der Waals surface area contributed by atoms with Crippen LogP contribution in [0.4, 0.5) is 0 Å². The molecule has 1 atom stereocenters. The number of aliphatic hydroxyl groups excluding tert-OH is 1. The fraction of sp³-hybridized carbons (Fsp3) is 0.529. The van der Waals surface area contributed by atoms with Gasteiger partial charge < -0.3 is 9.84 Å². The van der Waals surface area contributed by atoms with Crippen LogP contribution in [-0.2, 0) is 6.54 Å². The molecule has 0 bridgehead atoms. The number of aliphatic hydroxyl groups is 1. The molecule has 114 valence electrons. The van der Waals surface area contributed by atoms with Crippen molar-refractivity contribution in [2.24, 2.45) is 0 Å². The minimum Gasteiger partial charge on any atom is -0.496 e. The highest BCUT2D eigenvalue weighted by Gasteiger charge is 2.18. The normalized spacial score (nSPS) is 18.9. The number of rotatable bonds is 4. The maximum Gasteiger partial charge on any atom is 0.123 e. The first-order chi connectivity index (χ1) is 10.2. The molecule has 1 saturated heterocycles. The van der Waals surface area contributed by atoms with E-state index in [-0.39, 0.29) is 6.61 Å². The summed E-state index contributed by atoms with van der Waals surface area (Å²) in [6.45, 7) is 5.54. The quantitative estimate of drug-likeness (QED) is 0.866. The molecule has 1 aliphatic heterocycles. The summed E-state index contributed by atoms with van der Waals surface area (Å²) in [5.41, 5.74) is 2.17. The smallest absolute Gasteiger partial charge is 0.123 e. The fourth-order valence-corrected chi connectivity index (χ4v) is 3.56. The van der Waals surface area contributed by atoms with Gasteiger partial charge in [-0.15, -0.1) is 0 Å². The number of nitrogens with zero attached hydrogens (tertiary/aromatic N) is 1. The Morgan fingerprint density at radius 2 is 2.33 bits per heavy atom. The first-order valence-corrected chi connectivity index (χ1v) is 8.38. The molecule has 0 aromatic heterocycles. The van der Waals surface area contributed by atoms with Gasteiger partial charge in [-0.1, -0.05) is 18.8 Å². The number of methoxy groups -OCH3 is 1. The van der Waals surface area contributed by atoms with Crippen LogP contribution in [-0.4, -0.2) is 47.8 Å². The van der Waals surface area contributed by atoms with Gasteiger partial charge >= 0.3 is 0 Å². The molecule has 3 nitrogen and oxygen atoms in total. The Morgan fingerprint density at radius 3 is 3.05 bits per heavy atom. The van der Waals surface area contributed by atoms with Crippen molar-refractivity contribution in [3.05, 3.63) is 29.3 Å². The topological polar surface area (TPSA) is 32.7 Å². The van der Waals surface area contributed by atoms with E-state index in [1.807, 2.05) is 23.9 Å². The molecule has 0 amide bonds. The summed E-state index contributed by atoms with van der Waals surface area (Å²) in [5, 5.41) is 9.48. The summed E-state index contributed by atoms with van der Waals surface area (Å²) < 4.78 is 5.47. The van der Waals surface area contributed by atoms with E-state index in [2.05, 4.69) is 29.7 Å². The van der Waals surface area contributed by atoms with Gasteiger partial charge in [0, 0.05) is 48.2 Å². The zero-order valence-electron chi connectivity index (χ0n) is 12.8. The van der Waals surface area contributed by atoms with E-state index in [1.165, 1.54) is 11.3 Å². The number of benzene rings is 1. The summed E-state index contributed by atoms with van der Waals surface area (Å²) in [6.07, 6.45) is 0.516. The Kier molecular flexibility index (Phi) is 6.44. The predicted octanol–water partition coefficient (Wildman–Crippen LogP) is 2.37. The zero-order chi connectivity index (χ0) is 15.1. The van der Waals surface area contributed by atoms with Gasteiger partial charge in [0.05, 0.1) is 13.7 Å². The molecule has 1 aromatic rings. The predicted molar refractivity (Wildman–Crippen MR) is 88.8 cm³/mol. The van der Waals surface area contributed by atoms with Crippen LogP contribution in [0.1, 0.15) is 24.5 Å². The van der Waals surface area contributed by atoms with Gasteiger partial charge in [0.2, 0.25) is 0 Å². The molecule has 0 saturated carbocycles. The van der Waals surface area contributed by atoms with Gasteiger partial charge in [0.25, 0.3) is 0 Å². The van der Waals surface area contributed by atoms with Crippen LogP contribution in [0.15, 0.2) is 18.2 Å². The SMILES string of the molecule is COc1ccc(C#CCCO)cc1CN1CCSC(C)C1.